The van der Waals surface area contributed by atoms with Crippen molar-refractivity contribution >= 4 is 29.7 Å². The van der Waals surface area contributed by atoms with Crippen molar-refractivity contribution in [2.75, 3.05) is 33.0 Å². The maximum Gasteiger partial charge on any atom is 0.329 e. The molecule has 0 aromatic carbocycles. The maximum atomic E-state index is 11.3. The van der Waals surface area contributed by atoms with E-state index in [4.69, 9.17) is 38.6 Å². The number of nitrogens with one attached hydrogen (secondary N) is 2. The molecular formula is C28H48N2O13. The van der Waals surface area contributed by atoms with Crippen molar-refractivity contribution in [1.29, 1.82) is 0 Å². The van der Waals surface area contributed by atoms with E-state index in [0.717, 1.165) is 0 Å². The van der Waals surface area contributed by atoms with Crippen molar-refractivity contribution in [2.24, 2.45) is 23.7 Å². The van der Waals surface area contributed by atoms with E-state index in [0.29, 0.717) is 0 Å². The minimum Gasteiger partial charge on any atom is -0.480 e. The first-order valence-electron chi connectivity index (χ1n) is 14.3. The predicted octanol–water partition coefficient (Wildman–Crippen LogP) is 0.213. The van der Waals surface area contributed by atoms with Crippen molar-refractivity contribution in [3.63, 3.8) is 0 Å². The Morgan fingerprint density at radius 2 is 1.07 bits per heavy atom. The molecule has 0 spiro atoms. The lowest BCUT2D eigenvalue weighted by atomic mass is 9.82. The number of amides is 2. The summed E-state index contributed by atoms with van der Waals surface area (Å²) >= 11 is 0. The molecule has 0 aromatic heterocycles. The summed E-state index contributed by atoms with van der Waals surface area (Å²) in [6, 6.07) is -0.780. The van der Waals surface area contributed by atoms with Gasteiger partial charge in [0, 0.05) is 27.7 Å². The number of hydrogen-bond acceptors (Lipinski definition) is 12. The number of esters is 2. The fourth-order valence-corrected chi connectivity index (χ4v) is 4.85. The standard InChI is InChI=1S/C14H23NO7.C14H25NO6/c1-7-8(2)13(15-9(3)16)14(21-6-12(18)19)22-11(7)5-20-10(4)17;1-8-9(2)13(15-10(3)17)14(19-6-5-16)21-12(8)7-20-11(4)18/h7-8,11,13-14H,5-6H2,1-4H3,(H,15,16)(H,18,19);8-9,12-14,16H,5-7H2,1-4H3,(H,15,17)/t7-,8-,11?,13?,14+;8-,9-,12?,13?,14+/m00/s1. The monoisotopic (exact) mass is 620 g/mol. The normalized spacial score (nSPS) is 31.9. The van der Waals surface area contributed by atoms with Crippen molar-refractivity contribution < 1.29 is 62.6 Å². The molecule has 0 saturated carbocycles. The topological polar surface area (TPSA) is 205 Å². The summed E-state index contributed by atoms with van der Waals surface area (Å²) < 4.78 is 32.2. The van der Waals surface area contributed by atoms with Crippen LogP contribution >= 0.6 is 0 Å². The molecule has 248 valence electrons. The number of carboxylic acid groups (broad SMARTS) is 1. The molecule has 0 bridgehead atoms. The number of carbonyl (C=O) groups excluding carboxylic acids is 4. The van der Waals surface area contributed by atoms with Crippen LogP contribution < -0.4 is 10.6 Å². The van der Waals surface area contributed by atoms with Crippen molar-refractivity contribution in [3.05, 3.63) is 0 Å². The summed E-state index contributed by atoms with van der Waals surface area (Å²) in [5.74, 6) is -2.24. The Hall–Kier alpha value is -2.85. The zero-order valence-corrected chi connectivity index (χ0v) is 26.2. The minimum atomic E-state index is -1.13. The summed E-state index contributed by atoms with van der Waals surface area (Å²) in [6.45, 7) is 12.9. The maximum absolute atomic E-state index is 11.3. The van der Waals surface area contributed by atoms with Crippen LogP contribution in [0, 0.1) is 23.7 Å². The zero-order valence-electron chi connectivity index (χ0n) is 26.2. The molecule has 2 aliphatic rings. The Morgan fingerprint density at radius 1 is 0.674 bits per heavy atom. The molecule has 0 aromatic rings. The van der Waals surface area contributed by atoms with E-state index in [9.17, 15) is 24.0 Å². The fraction of sp³-hybridized carbons (Fsp3) is 0.821. The van der Waals surface area contributed by atoms with Gasteiger partial charge in [-0.05, 0) is 23.7 Å². The summed E-state index contributed by atoms with van der Waals surface area (Å²) in [6.07, 6.45) is -2.32. The first kappa shape index (κ1) is 38.2. The molecule has 15 nitrogen and oxygen atoms in total. The molecule has 43 heavy (non-hydrogen) atoms. The van der Waals surface area contributed by atoms with Crippen LogP contribution in [0.5, 0.6) is 0 Å². The highest BCUT2D eigenvalue weighted by Gasteiger charge is 2.44. The van der Waals surface area contributed by atoms with E-state index < -0.39 is 43.3 Å². The highest BCUT2D eigenvalue weighted by Crippen LogP contribution is 2.33. The summed E-state index contributed by atoms with van der Waals surface area (Å²) in [4.78, 5) is 55.2. The largest absolute Gasteiger partial charge is 0.480 e. The Morgan fingerprint density at radius 3 is 1.40 bits per heavy atom. The number of aliphatic hydroxyl groups excluding tert-OH is 1. The molecule has 2 aliphatic heterocycles. The number of hydrogen-bond donors (Lipinski definition) is 4. The van der Waals surface area contributed by atoms with Crippen LogP contribution in [0.25, 0.3) is 0 Å². The van der Waals surface area contributed by atoms with Crippen molar-refractivity contribution in [3.8, 4) is 0 Å². The minimum absolute atomic E-state index is 0.0131. The second-order valence-electron chi connectivity index (χ2n) is 10.9. The second kappa shape index (κ2) is 18.7. The molecule has 2 rings (SSSR count). The third kappa shape index (κ3) is 13.1. The molecule has 4 N–H and O–H groups in total. The highest BCUT2D eigenvalue weighted by atomic mass is 16.7. The number of ether oxygens (including phenoxy) is 6. The average molecular weight is 621 g/mol. The van der Waals surface area contributed by atoms with Gasteiger partial charge in [0.1, 0.15) is 19.8 Å². The zero-order chi connectivity index (χ0) is 32.9. The van der Waals surface area contributed by atoms with E-state index in [2.05, 4.69) is 10.6 Å². The molecule has 0 radical (unpaired) electrons. The Kier molecular flexibility index (Phi) is 16.6. The first-order valence-corrected chi connectivity index (χ1v) is 14.3. The van der Waals surface area contributed by atoms with E-state index in [1.54, 1.807) is 0 Å². The SMILES string of the molecule is CC(=O)NC1[C@H](OCC(=O)O)OC(COC(C)=O)[C@@H](C)[C@@H]1C.CC(=O)NC1[C@H](OCCO)OC(COC(C)=O)[C@@H](C)[C@@H]1C. The van der Waals surface area contributed by atoms with Crippen LogP contribution in [0.4, 0.5) is 0 Å². The number of carboxylic acids is 1. The number of rotatable bonds is 12. The average Bonchev–Trinajstić information content (AvgIpc) is 2.91. The number of carbonyl (C=O) groups is 5. The van der Waals surface area contributed by atoms with Crippen LogP contribution in [0.2, 0.25) is 0 Å². The molecule has 2 amide bonds. The lowest BCUT2D eigenvalue weighted by Gasteiger charge is -2.44. The predicted molar refractivity (Wildman–Crippen MR) is 149 cm³/mol. The summed E-state index contributed by atoms with van der Waals surface area (Å²) in [7, 11) is 0. The summed E-state index contributed by atoms with van der Waals surface area (Å²) in [5, 5.41) is 23.2. The quantitative estimate of drug-likeness (QED) is 0.216. The van der Waals surface area contributed by atoms with Crippen molar-refractivity contribution in [1.82, 2.24) is 10.6 Å². The van der Waals surface area contributed by atoms with Gasteiger partial charge in [-0.25, -0.2) is 4.79 Å². The molecule has 2 heterocycles. The molecule has 15 heteroatoms. The van der Waals surface area contributed by atoms with Crippen LogP contribution in [0.1, 0.15) is 55.4 Å². The van der Waals surface area contributed by atoms with Gasteiger partial charge in [0.05, 0.1) is 37.5 Å². The van der Waals surface area contributed by atoms with Gasteiger partial charge >= 0.3 is 17.9 Å². The van der Waals surface area contributed by atoms with E-state index in [1.807, 2.05) is 27.7 Å². The van der Waals surface area contributed by atoms with Crippen LogP contribution in [0.15, 0.2) is 0 Å². The van der Waals surface area contributed by atoms with Crippen LogP contribution in [-0.4, -0.2) is 110 Å². The molecular weight excluding hydrogens is 572 g/mol. The van der Waals surface area contributed by atoms with E-state index in [-0.39, 0.29) is 80.0 Å². The van der Waals surface area contributed by atoms with E-state index in [1.165, 1.54) is 27.7 Å². The third-order valence-electron chi connectivity index (χ3n) is 7.55. The van der Waals surface area contributed by atoms with Gasteiger partial charge in [0.15, 0.2) is 12.6 Å². The Labute approximate surface area is 252 Å². The Bertz CT molecular complexity index is 928. The lowest BCUT2D eigenvalue weighted by molar-refractivity contribution is -0.245. The molecule has 2 saturated heterocycles. The number of aliphatic hydroxyl groups is 1. The van der Waals surface area contributed by atoms with Gasteiger partial charge in [-0.2, -0.15) is 0 Å². The fourth-order valence-electron chi connectivity index (χ4n) is 4.85. The van der Waals surface area contributed by atoms with Crippen LogP contribution in [-0.2, 0) is 52.4 Å². The van der Waals surface area contributed by atoms with Gasteiger partial charge < -0.3 is 49.3 Å². The third-order valence-corrected chi connectivity index (χ3v) is 7.55. The number of aliphatic carboxylic acids is 1. The molecule has 4 unspecified atom stereocenters. The van der Waals surface area contributed by atoms with Gasteiger partial charge in [0.25, 0.3) is 0 Å². The van der Waals surface area contributed by atoms with E-state index >= 15 is 0 Å². The van der Waals surface area contributed by atoms with Crippen molar-refractivity contribution in [2.45, 2.75) is 92.3 Å². The van der Waals surface area contributed by atoms with Gasteiger partial charge in [0.2, 0.25) is 11.8 Å². The second-order valence-corrected chi connectivity index (χ2v) is 10.9. The molecule has 2 fully saturated rings. The Balaban J connectivity index is 0.000000430. The highest BCUT2D eigenvalue weighted by molar-refractivity contribution is 5.73. The van der Waals surface area contributed by atoms with Gasteiger partial charge in [-0.15, -0.1) is 0 Å². The van der Waals surface area contributed by atoms with Crippen LogP contribution in [0.3, 0.4) is 0 Å². The molecule has 0 aliphatic carbocycles. The molecule has 10 atom stereocenters. The lowest BCUT2D eigenvalue weighted by Crippen LogP contribution is -2.58. The van der Waals surface area contributed by atoms with Gasteiger partial charge in [-0.1, -0.05) is 27.7 Å². The smallest absolute Gasteiger partial charge is 0.329 e. The van der Waals surface area contributed by atoms with Gasteiger partial charge in [-0.3, -0.25) is 19.2 Å². The summed E-state index contributed by atoms with van der Waals surface area (Å²) in [5.41, 5.74) is 0. The first-order chi connectivity index (χ1) is 20.1.